The molecule has 0 radical (unpaired) electrons. The van der Waals surface area contributed by atoms with E-state index in [1.807, 2.05) is 0 Å². The third-order valence-electron chi connectivity index (χ3n) is 8.83. The highest BCUT2D eigenvalue weighted by atomic mass is 32.2. The zero-order valence-corrected chi connectivity index (χ0v) is 20.0. The number of esters is 3. The number of carbonyl (C=O) groups is 3. The Balaban J connectivity index is 1.19. The van der Waals surface area contributed by atoms with E-state index in [2.05, 4.69) is 4.74 Å². The maximum Gasteiger partial charge on any atom is 0.402 e. The van der Waals surface area contributed by atoms with Crippen molar-refractivity contribution >= 4 is 28.0 Å². The van der Waals surface area contributed by atoms with E-state index < -0.39 is 75.8 Å². The van der Waals surface area contributed by atoms with E-state index in [1.165, 1.54) is 25.7 Å². The molecule has 1 heterocycles. The summed E-state index contributed by atoms with van der Waals surface area (Å²) in [5.41, 5.74) is 0. The molecule has 1 N–H and O–H groups in total. The Bertz CT molecular complexity index is 987. The molecule has 0 spiro atoms. The summed E-state index contributed by atoms with van der Waals surface area (Å²) in [4.78, 5) is 37.7. The topological polar surface area (TPSA) is 133 Å². The van der Waals surface area contributed by atoms with Crippen LogP contribution in [-0.4, -0.2) is 54.9 Å². The molecule has 0 aromatic heterocycles. The molecular weight excluding hydrogens is 490 g/mol. The molecule has 35 heavy (non-hydrogen) atoms. The molecule has 0 aromatic rings. The van der Waals surface area contributed by atoms with Crippen molar-refractivity contribution in [2.45, 2.75) is 75.2 Å². The van der Waals surface area contributed by atoms with E-state index in [4.69, 9.17) is 14.0 Å². The van der Waals surface area contributed by atoms with Gasteiger partial charge in [0.1, 0.15) is 12.2 Å². The number of ether oxygens (including phenoxy) is 3. The average Bonchev–Trinajstić information content (AvgIpc) is 3.39. The van der Waals surface area contributed by atoms with Crippen LogP contribution in [0.3, 0.4) is 0 Å². The van der Waals surface area contributed by atoms with E-state index in [0.29, 0.717) is 12.3 Å². The van der Waals surface area contributed by atoms with Gasteiger partial charge < -0.3 is 14.2 Å². The van der Waals surface area contributed by atoms with Gasteiger partial charge in [0.15, 0.2) is 6.61 Å². The SMILES string of the molecule is O=C(CCC1CC2CCCC(C2)C1)OC1C2CC3C1OC(=O)C3C2C(=O)OCC(F)(F)S(=O)(=O)O. The van der Waals surface area contributed by atoms with Gasteiger partial charge in [-0.15, -0.1) is 0 Å². The second-order valence-corrected chi connectivity index (χ2v) is 12.5. The third kappa shape index (κ3) is 4.56. The Hall–Kier alpha value is -1.82. The van der Waals surface area contributed by atoms with Gasteiger partial charge in [0.2, 0.25) is 0 Å². The molecule has 9 nitrogen and oxygen atoms in total. The molecule has 4 bridgehead atoms. The number of carbonyl (C=O) groups excluding carboxylic acids is 3. The average molecular weight is 521 g/mol. The fourth-order valence-electron chi connectivity index (χ4n) is 7.43. The highest BCUT2D eigenvalue weighted by molar-refractivity contribution is 7.86. The van der Waals surface area contributed by atoms with Crippen LogP contribution in [0.15, 0.2) is 0 Å². The van der Waals surface area contributed by atoms with Gasteiger partial charge in [0.05, 0.1) is 11.8 Å². The minimum atomic E-state index is -5.77. The summed E-state index contributed by atoms with van der Waals surface area (Å²) < 4.78 is 72.8. The molecule has 12 heteroatoms. The second kappa shape index (κ2) is 8.93. The lowest BCUT2D eigenvalue weighted by Crippen LogP contribution is -2.44. The summed E-state index contributed by atoms with van der Waals surface area (Å²) in [5, 5.41) is -4.68. The Labute approximate surface area is 202 Å². The Morgan fingerprint density at radius 1 is 1.09 bits per heavy atom. The molecule has 4 aliphatic carbocycles. The van der Waals surface area contributed by atoms with Gasteiger partial charge in [-0.25, -0.2) is 0 Å². The Kier molecular flexibility index (Phi) is 6.34. The highest BCUT2D eigenvalue weighted by Crippen LogP contribution is 2.59. The predicted molar refractivity (Wildman–Crippen MR) is 113 cm³/mol. The molecule has 1 aliphatic heterocycles. The van der Waals surface area contributed by atoms with Crippen molar-refractivity contribution in [2.75, 3.05) is 6.61 Å². The number of halogens is 2. The van der Waals surface area contributed by atoms with Crippen molar-refractivity contribution in [3.05, 3.63) is 0 Å². The first-order chi connectivity index (χ1) is 16.4. The first kappa shape index (κ1) is 24.9. The van der Waals surface area contributed by atoms with Crippen molar-refractivity contribution in [1.82, 2.24) is 0 Å². The van der Waals surface area contributed by atoms with Crippen LogP contribution in [0.1, 0.15) is 57.8 Å². The van der Waals surface area contributed by atoms with Gasteiger partial charge >= 0.3 is 33.3 Å². The fraction of sp³-hybridized carbons (Fsp3) is 0.870. The third-order valence-corrected chi connectivity index (χ3v) is 9.70. The van der Waals surface area contributed by atoms with Crippen molar-refractivity contribution in [2.24, 2.45) is 41.4 Å². The standard InChI is InChI=1S/C23H30F2O9S/c24-23(25,35(29,30)31)10-32-21(27)17-14-9-15-18(17)22(28)34-20(15)19(14)33-16(26)5-4-13-7-11-2-1-3-12(6-11)8-13/h11-15,17-20H,1-10H2,(H,29,30,31). The summed E-state index contributed by atoms with van der Waals surface area (Å²) in [5.74, 6) is -3.50. The molecule has 8 unspecified atom stereocenters. The van der Waals surface area contributed by atoms with Crippen LogP contribution in [0.5, 0.6) is 0 Å². The number of hydrogen-bond acceptors (Lipinski definition) is 8. The molecule has 5 rings (SSSR count). The molecule has 4 saturated carbocycles. The van der Waals surface area contributed by atoms with Gasteiger partial charge in [-0.1, -0.05) is 19.3 Å². The molecular formula is C23H30F2O9S. The summed E-state index contributed by atoms with van der Waals surface area (Å²) in [6.45, 7) is -1.88. The van der Waals surface area contributed by atoms with Crippen molar-refractivity contribution in [3.63, 3.8) is 0 Å². The number of fused-ring (bicyclic) bond motifs is 3. The molecule has 0 amide bonds. The summed E-state index contributed by atoms with van der Waals surface area (Å²) >= 11 is 0. The molecule has 5 aliphatic rings. The van der Waals surface area contributed by atoms with E-state index in [9.17, 15) is 31.6 Å². The number of alkyl halides is 2. The summed E-state index contributed by atoms with van der Waals surface area (Å²) in [7, 11) is -5.77. The number of rotatable bonds is 8. The van der Waals surface area contributed by atoms with Crippen LogP contribution in [0, 0.1) is 41.4 Å². The van der Waals surface area contributed by atoms with Crippen LogP contribution in [0.25, 0.3) is 0 Å². The van der Waals surface area contributed by atoms with E-state index in [0.717, 1.165) is 31.1 Å². The molecule has 5 fully saturated rings. The zero-order valence-electron chi connectivity index (χ0n) is 19.1. The van der Waals surface area contributed by atoms with Crippen LogP contribution in [-0.2, 0) is 38.7 Å². The second-order valence-electron chi connectivity index (χ2n) is 11.0. The molecule has 8 atom stereocenters. The fourth-order valence-corrected chi connectivity index (χ4v) is 7.64. The largest absolute Gasteiger partial charge is 0.458 e. The smallest absolute Gasteiger partial charge is 0.402 e. The van der Waals surface area contributed by atoms with Crippen molar-refractivity contribution < 1.29 is 50.3 Å². The summed E-state index contributed by atoms with van der Waals surface area (Å²) in [6.07, 6.45) is 7.05. The lowest BCUT2D eigenvalue weighted by molar-refractivity contribution is -0.168. The Morgan fingerprint density at radius 3 is 2.43 bits per heavy atom. The van der Waals surface area contributed by atoms with E-state index in [-0.39, 0.29) is 6.42 Å². The Morgan fingerprint density at radius 2 is 1.77 bits per heavy atom. The maximum atomic E-state index is 13.5. The summed E-state index contributed by atoms with van der Waals surface area (Å²) in [6, 6.07) is 0. The van der Waals surface area contributed by atoms with Gasteiger partial charge in [-0.05, 0) is 49.9 Å². The predicted octanol–water partition coefficient (Wildman–Crippen LogP) is 2.73. The zero-order chi connectivity index (χ0) is 25.1. The minimum absolute atomic E-state index is 0.220. The molecule has 0 aromatic carbocycles. The van der Waals surface area contributed by atoms with Crippen LogP contribution < -0.4 is 0 Å². The van der Waals surface area contributed by atoms with Crippen molar-refractivity contribution in [1.29, 1.82) is 0 Å². The molecule has 1 saturated heterocycles. The van der Waals surface area contributed by atoms with Gasteiger partial charge in [0, 0.05) is 18.3 Å². The lowest BCUT2D eigenvalue weighted by Gasteiger charge is -2.39. The monoisotopic (exact) mass is 520 g/mol. The van der Waals surface area contributed by atoms with E-state index >= 15 is 0 Å². The quantitative estimate of drug-likeness (QED) is 0.291. The van der Waals surface area contributed by atoms with Crippen LogP contribution >= 0.6 is 0 Å². The van der Waals surface area contributed by atoms with Crippen LogP contribution in [0.4, 0.5) is 8.78 Å². The van der Waals surface area contributed by atoms with Gasteiger partial charge in [-0.3, -0.25) is 18.9 Å². The number of hydrogen-bond donors (Lipinski definition) is 1. The van der Waals surface area contributed by atoms with Gasteiger partial charge in [-0.2, -0.15) is 17.2 Å². The van der Waals surface area contributed by atoms with Crippen LogP contribution in [0.2, 0.25) is 0 Å². The normalized spacial score (nSPS) is 39.9. The highest BCUT2D eigenvalue weighted by Gasteiger charge is 2.70. The maximum absolute atomic E-state index is 13.5. The minimum Gasteiger partial charge on any atom is -0.458 e. The first-order valence-electron chi connectivity index (χ1n) is 12.4. The van der Waals surface area contributed by atoms with Crippen molar-refractivity contribution in [3.8, 4) is 0 Å². The van der Waals surface area contributed by atoms with Gasteiger partial charge in [0.25, 0.3) is 0 Å². The lowest BCUT2D eigenvalue weighted by atomic mass is 9.67. The first-order valence-corrected chi connectivity index (χ1v) is 13.8. The van der Waals surface area contributed by atoms with E-state index in [1.54, 1.807) is 0 Å². The molecule has 196 valence electrons.